The molecule has 5 heterocycles. The van der Waals surface area contributed by atoms with Crippen molar-refractivity contribution in [3.8, 4) is 0 Å². The molecule has 0 spiro atoms. The second kappa shape index (κ2) is 26.2. The Bertz CT molecular complexity index is 4140. The summed E-state index contributed by atoms with van der Waals surface area (Å²) in [5.41, 5.74) is -10.8. The maximum absolute atomic E-state index is 14.9. The number of pyridine rings is 2. The summed E-state index contributed by atoms with van der Waals surface area (Å²) in [5.74, 6) is -9.59. The van der Waals surface area contributed by atoms with E-state index in [0.29, 0.717) is 18.4 Å². The van der Waals surface area contributed by atoms with Crippen molar-refractivity contribution in [2.45, 2.75) is 188 Å². The number of ether oxygens (including phenoxy) is 7. The van der Waals surface area contributed by atoms with E-state index in [4.69, 9.17) is 33.2 Å². The molecule has 4 aromatic rings. The molecule has 3 N–H and O–H groups in total. The van der Waals surface area contributed by atoms with Gasteiger partial charge >= 0.3 is 29.8 Å². The van der Waals surface area contributed by atoms with Crippen LogP contribution in [0.1, 0.15) is 166 Å². The molecule has 18 atom stereocenters. The number of esters is 5. The number of hydrogen-bond donors (Lipinski definition) is 3. The van der Waals surface area contributed by atoms with Crippen molar-refractivity contribution in [2.24, 2.45) is 51.2 Å². The molecule has 2 amide bonds. The van der Waals surface area contributed by atoms with Crippen LogP contribution in [0, 0.1) is 51.2 Å². The van der Waals surface area contributed by atoms with Crippen LogP contribution in [0.4, 0.5) is 0 Å². The maximum Gasteiger partial charge on any atom is 0.357 e. The quantitative estimate of drug-likeness (QED) is 0.0630. The van der Waals surface area contributed by atoms with Gasteiger partial charge < -0.3 is 48.5 Å². The zero-order valence-corrected chi connectivity index (χ0v) is 59.1. The van der Waals surface area contributed by atoms with Crippen LogP contribution in [0.3, 0.4) is 0 Å². The number of allylic oxidation sites excluding steroid dienone is 2. The molecule has 4 bridgehead atoms. The third-order valence-electron chi connectivity index (χ3n) is 24.2. The molecule has 0 radical (unpaired) electrons. The lowest BCUT2D eigenvalue weighted by Gasteiger charge is -2.67. The van der Waals surface area contributed by atoms with E-state index in [0.717, 1.165) is 5.56 Å². The molecular formula is C77H87N3O21. The molecule has 101 heavy (non-hydrogen) atoms. The van der Waals surface area contributed by atoms with Gasteiger partial charge in [-0.15, -0.1) is 0 Å². The summed E-state index contributed by atoms with van der Waals surface area (Å²) in [5, 5.41) is 37.1. The fourth-order valence-corrected chi connectivity index (χ4v) is 18.3. The molecule has 13 unspecified atom stereocenters. The van der Waals surface area contributed by atoms with Crippen LogP contribution in [0.5, 0.6) is 0 Å². The topological polar surface area (TPSA) is 342 Å². The first-order chi connectivity index (χ1) is 47.3. The third-order valence-corrected chi connectivity index (χ3v) is 24.2. The normalized spacial score (nSPS) is 36.1. The van der Waals surface area contributed by atoms with Gasteiger partial charge in [-0.1, -0.05) is 123 Å². The fourth-order valence-electron chi connectivity index (χ4n) is 18.3. The Labute approximate surface area is 584 Å². The van der Waals surface area contributed by atoms with Gasteiger partial charge in [-0.2, -0.15) is 0 Å². The Kier molecular flexibility index (Phi) is 19.1. The number of fused-ring (bicyclic) bond motifs is 10. The number of hydrogen-bond acceptors (Lipinski definition) is 23. The van der Waals surface area contributed by atoms with E-state index < -0.39 is 170 Å². The number of aliphatic hydroxyl groups excluding tert-OH is 1. The van der Waals surface area contributed by atoms with E-state index in [1.807, 2.05) is 57.2 Å². The van der Waals surface area contributed by atoms with Crippen molar-refractivity contribution in [3.63, 3.8) is 0 Å². The van der Waals surface area contributed by atoms with Crippen molar-refractivity contribution < 1.29 is 101 Å². The Morgan fingerprint density at radius 2 is 0.960 bits per heavy atom. The molecule has 7 fully saturated rings. The summed E-state index contributed by atoms with van der Waals surface area (Å²) in [4.78, 5) is 155. The summed E-state index contributed by atoms with van der Waals surface area (Å²) in [6, 6.07) is 27.9. The van der Waals surface area contributed by atoms with Crippen LogP contribution < -0.4 is 0 Å². The van der Waals surface area contributed by atoms with E-state index in [1.165, 1.54) is 57.1 Å². The molecule has 3 aliphatic heterocycles. The van der Waals surface area contributed by atoms with E-state index in [9.17, 15) is 68.1 Å². The minimum absolute atomic E-state index is 0.0325. The van der Waals surface area contributed by atoms with Gasteiger partial charge in [-0.05, 0) is 103 Å². The van der Waals surface area contributed by atoms with Gasteiger partial charge in [0.25, 0.3) is 5.91 Å². The number of β-lactam (4-membered cyclic amide) rings is 1. The van der Waals surface area contributed by atoms with Crippen LogP contribution in [0.25, 0.3) is 0 Å². The number of nitrogens with zero attached hydrogens (tertiary/aromatic N) is 3. The second-order valence-electron chi connectivity index (χ2n) is 30.1. The first-order valence-electron chi connectivity index (χ1n) is 34.1. The van der Waals surface area contributed by atoms with E-state index >= 15 is 0 Å². The number of likely N-dealkylation sites (tertiary alicyclic amines) is 1. The highest BCUT2D eigenvalue weighted by atomic mass is 16.6. The maximum atomic E-state index is 14.9. The monoisotopic (exact) mass is 1390 g/mol. The number of carbonyl (C=O) groups excluding carboxylic acids is 11. The third kappa shape index (κ3) is 11.3. The average Bonchev–Trinajstić information content (AvgIpc) is 0.675. The number of amides is 2. The SMILES string of the molecule is CC(=O)OC12COC1C[C@H](C)[C@@]1(C)C(=O)C(O)C3=C(C)C(=O)CC(O)(C(OC(=O)c4ccccn4)C21)C3(C)C.CC(=O)OC1C(=O)[C@@]2(C)C(C(OC(=O)c3ccccn3)C3(O)CC(=O)C(C)=C1C3(C)C)C1(OC(C)=O)COC1C[C@@H]2C.C[C@H]1C(=O)N(C(=O)c2ccccc2)C1c1ccccc1. The first-order valence-corrected chi connectivity index (χ1v) is 34.1. The lowest BCUT2D eigenvalue weighted by atomic mass is 9.43. The number of benzene rings is 2. The standard InChI is InChI=1S/C31H37NO10.C29H35NO9.C17H15NO2/c1-15-12-21-30(14-39-21,42-18(4)34)24-26(41-27(37)19-10-8-9-11-32-19)31(38)13-20(35)16(2)22(28(31,5)6)23(40-17(3)33)25(36)29(15,24)7;1-14-11-19-28(13-37-19,39-16(3)31)22-24(38-25(35)17-9-7-8-10-30-17)29(36)12-18(32)15(2)20(26(29,4)5)21(33)23(34)27(14,22)6;1-12-15(13-8-4-2-5-9-13)18(16(12)19)17(20)14-10-6-3-7-11-14/h8-11,15,21,23-24,26,38H,12-14H2,1-7H3;7-10,14,19,21-22,24,33,36H,11-13H2,1-6H3;2-12,15H,1H3/t15-,21?,23?,24?,26?,29+,30?,31?;14-,19?,21?,22?,24?,27+,28?,29?;12-,15?/m001/s1. The fraction of sp³-hybridized carbons (Fsp3) is 0.519. The van der Waals surface area contributed by atoms with Gasteiger partial charge in [0.1, 0.15) is 53.1 Å². The molecule has 2 aromatic carbocycles. The Morgan fingerprint density at radius 1 is 0.545 bits per heavy atom. The molecule has 24 heteroatoms. The first kappa shape index (κ1) is 73.4. The predicted octanol–water partition coefficient (Wildman–Crippen LogP) is 7.54. The van der Waals surface area contributed by atoms with Crippen LogP contribution >= 0.6 is 0 Å². The Balaban J connectivity index is 0.000000161. The van der Waals surface area contributed by atoms with Crippen molar-refractivity contribution in [1.82, 2.24) is 14.9 Å². The van der Waals surface area contributed by atoms with E-state index in [-0.39, 0.29) is 70.7 Å². The molecule has 13 rings (SSSR count). The number of imide groups is 1. The van der Waals surface area contributed by atoms with Gasteiger partial charge in [-0.3, -0.25) is 48.1 Å². The molecule has 6 aliphatic carbocycles. The minimum atomic E-state index is -2.13. The van der Waals surface area contributed by atoms with Gasteiger partial charge in [-0.25, -0.2) is 19.6 Å². The highest BCUT2D eigenvalue weighted by Crippen LogP contribution is 2.67. The molecule has 24 nitrogen and oxygen atoms in total. The summed E-state index contributed by atoms with van der Waals surface area (Å²) in [7, 11) is 0. The van der Waals surface area contributed by atoms with Gasteiger partial charge in [0.15, 0.2) is 40.4 Å². The zero-order valence-electron chi connectivity index (χ0n) is 59.1. The van der Waals surface area contributed by atoms with E-state index in [2.05, 4.69) is 9.97 Å². The predicted molar refractivity (Wildman–Crippen MR) is 356 cm³/mol. The summed E-state index contributed by atoms with van der Waals surface area (Å²) >= 11 is 0. The molecule has 9 aliphatic rings. The summed E-state index contributed by atoms with van der Waals surface area (Å²) < 4.78 is 41.7. The van der Waals surface area contributed by atoms with Crippen molar-refractivity contribution >= 4 is 64.8 Å². The molecule has 4 saturated carbocycles. The van der Waals surface area contributed by atoms with Crippen LogP contribution in [-0.4, -0.2) is 167 Å². The lowest BCUT2D eigenvalue weighted by molar-refractivity contribution is -0.338. The Hall–Kier alpha value is -8.81. The zero-order chi connectivity index (χ0) is 73.8. The van der Waals surface area contributed by atoms with Crippen LogP contribution in [0.2, 0.25) is 0 Å². The Morgan fingerprint density at radius 3 is 1.37 bits per heavy atom. The van der Waals surface area contributed by atoms with Gasteiger partial charge in [0, 0.05) is 73.2 Å². The average molecular weight is 1390 g/mol. The van der Waals surface area contributed by atoms with Crippen molar-refractivity contribution in [2.75, 3.05) is 13.2 Å². The highest BCUT2D eigenvalue weighted by Gasteiger charge is 2.80. The number of Topliss-reactive ketones (excluding diaryl/α,β-unsaturated/α-hetero) is 4. The van der Waals surface area contributed by atoms with E-state index in [1.54, 1.807) is 97.0 Å². The summed E-state index contributed by atoms with van der Waals surface area (Å²) in [6.07, 6.45) is -5.01. The van der Waals surface area contributed by atoms with Gasteiger partial charge in [0.05, 0.1) is 37.0 Å². The summed E-state index contributed by atoms with van der Waals surface area (Å²) in [6.45, 7) is 21.8. The number of aliphatic hydroxyl groups is 3. The highest BCUT2D eigenvalue weighted by molar-refractivity contribution is 6.09. The minimum Gasteiger partial charge on any atom is -0.454 e. The second-order valence-corrected chi connectivity index (χ2v) is 30.1. The molecule has 536 valence electrons. The lowest BCUT2D eigenvalue weighted by Crippen LogP contribution is -2.80. The van der Waals surface area contributed by atoms with Crippen molar-refractivity contribution in [3.05, 3.63) is 154 Å². The van der Waals surface area contributed by atoms with Crippen LogP contribution in [-0.2, 0) is 71.5 Å². The van der Waals surface area contributed by atoms with Crippen LogP contribution in [0.15, 0.2) is 132 Å². The van der Waals surface area contributed by atoms with Gasteiger partial charge in [0.2, 0.25) is 5.91 Å². The molecular weight excluding hydrogens is 1300 g/mol. The number of aromatic nitrogens is 2. The smallest absolute Gasteiger partial charge is 0.357 e. The largest absolute Gasteiger partial charge is 0.454 e. The molecule has 3 saturated heterocycles. The molecule has 2 aromatic heterocycles. The number of carbonyl (C=O) groups is 11. The number of rotatable bonds is 9. The van der Waals surface area contributed by atoms with Crippen molar-refractivity contribution in [1.29, 1.82) is 0 Å². The number of ketones is 4.